The summed E-state index contributed by atoms with van der Waals surface area (Å²) in [6, 6.07) is 16.6. The molecule has 7 nitrogen and oxygen atoms in total. The molecule has 182 valence electrons. The Morgan fingerprint density at radius 2 is 1.77 bits per heavy atom. The number of nitrogens with zero attached hydrogens (tertiary/aromatic N) is 3. The van der Waals surface area contributed by atoms with Crippen molar-refractivity contribution in [1.82, 2.24) is 20.2 Å². The first kappa shape index (κ1) is 24.4. The Morgan fingerprint density at radius 3 is 2.43 bits per heavy atom. The van der Waals surface area contributed by atoms with Gasteiger partial charge in [0, 0.05) is 25.0 Å². The smallest absolute Gasteiger partial charge is 0.275 e. The molecule has 0 spiro atoms. The summed E-state index contributed by atoms with van der Waals surface area (Å²) in [6.45, 7) is 0.355. The summed E-state index contributed by atoms with van der Waals surface area (Å²) in [5, 5.41) is 3.23. The van der Waals surface area contributed by atoms with E-state index in [1.165, 1.54) is 25.0 Å². The van der Waals surface area contributed by atoms with Crippen molar-refractivity contribution in [2.45, 2.75) is 50.6 Å². The van der Waals surface area contributed by atoms with Gasteiger partial charge in [0.05, 0.1) is 13.3 Å². The number of nitrogens with one attached hydrogen (secondary N) is 1. The first-order chi connectivity index (χ1) is 17.2. The third-order valence-corrected chi connectivity index (χ3v) is 6.47. The number of amides is 2. The zero-order chi connectivity index (χ0) is 24.5. The molecule has 7 heteroatoms. The lowest BCUT2D eigenvalue weighted by Crippen LogP contribution is -2.47. The van der Waals surface area contributed by atoms with Crippen molar-refractivity contribution in [3.05, 3.63) is 90.0 Å². The zero-order valence-electron chi connectivity index (χ0n) is 20.1. The first-order valence-electron chi connectivity index (χ1n) is 12.2. The Bertz CT molecular complexity index is 1080. The Hall–Kier alpha value is -3.74. The van der Waals surface area contributed by atoms with Crippen LogP contribution in [-0.2, 0) is 11.2 Å². The second-order valence-electron chi connectivity index (χ2n) is 8.84. The minimum atomic E-state index is -0.805. The number of carbonyl (C=O) groups excluding carboxylic acids is 2. The van der Waals surface area contributed by atoms with Crippen LogP contribution in [0.25, 0.3) is 0 Å². The molecule has 0 unspecified atom stereocenters. The van der Waals surface area contributed by atoms with Crippen LogP contribution >= 0.6 is 0 Å². The van der Waals surface area contributed by atoms with Gasteiger partial charge in [0.15, 0.2) is 0 Å². The summed E-state index contributed by atoms with van der Waals surface area (Å²) in [7, 11) is 1.60. The lowest BCUT2D eigenvalue weighted by molar-refractivity contribution is -0.126. The molecule has 1 heterocycles. The Balaban J connectivity index is 1.68. The van der Waals surface area contributed by atoms with Crippen molar-refractivity contribution in [1.29, 1.82) is 0 Å². The predicted octanol–water partition coefficient (Wildman–Crippen LogP) is 4.36. The molecular weight excluding hydrogens is 440 g/mol. The molecule has 3 aromatic rings. The Labute approximate surface area is 206 Å². The molecule has 4 rings (SSSR count). The predicted molar refractivity (Wildman–Crippen MR) is 134 cm³/mol. The Kier molecular flexibility index (Phi) is 8.44. The van der Waals surface area contributed by atoms with Crippen molar-refractivity contribution in [3.8, 4) is 5.75 Å². The van der Waals surface area contributed by atoms with E-state index < -0.39 is 6.04 Å². The van der Waals surface area contributed by atoms with Gasteiger partial charge in [-0.05, 0) is 42.5 Å². The maximum absolute atomic E-state index is 13.8. The van der Waals surface area contributed by atoms with Crippen LogP contribution in [0.5, 0.6) is 5.75 Å². The van der Waals surface area contributed by atoms with E-state index in [0.29, 0.717) is 18.7 Å². The van der Waals surface area contributed by atoms with Gasteiger partial charge in [0.1, 0.15) is 17.5 Å². The molecule has 0 radical (unpaired) electrons. The molecule has 2 amide bonds. The van der Waals surface area contributed by atoms with Crippen molar-refractivity contribution in [3.63, 3.8) is 0 Å². The highest BCUT2D eigenvalue weighted by atomic mass is 16.5. The van der Waals surface area contributed by atoms with Gasteiger partial charge in [-0.3, -0.25) is 14.6 Å². The maximum atomic E-state index is 13.8. The normalized spacial score (nSPS) is 14.7. The van der Waals surface area contributed by atoms with Crippen LogP contribution < -0.4 is 10.1 Å². The molecular formula is C28H32N4O3. The van der Waals surface area contributed by atoms with Crippen LogP contribution in [0.4, 0.5) is 0 Å². The number of benzene rings is 2. The second kappa shape index (κ2) is 12.1. The lowest BCUT2D eigenvalue weighted by Gasteiger charge is -2.33. The van der Waals surface area contributed by atoms with Crippen molar-refractivity contribution < 1.29 is 14.3 Å². The van der Waals surface area contributed by atoms with Gasteiger partial charge in [-0.2, -0.15) is 0 Å². The summed E-state index contributed by atoms with van der Waals surface area (Å²) >= 11 is 0. The van der Waals surface area contributed by atoms with Gasteiger partial charge < -0.3 is 15.0 Å². The van der Waals surface area contributed by atoms with E-state index in [1.54, 1.807) is 12.0 Å². The molecule has 1 saturated carbocycles. The van der Waals surface area contributed by atoms with Gasteiger partial charge in [0.2, 0.25) is 5.91 Å². The molecule has 1 aliphatic rings. The van der Waals surface area contributed by atoms with Gasteiger partial charge in [-0.15, -0.1) is 0 Å². The summed E-state index contributed by atoms with van der Waals surface area (Å²) < 4.78 is 5.31. The quantitative estimate of drug-likeness (QED) is 0.500. The van der Waals surface area contributed by atoms with Crippen LogP contribution in [0.3, 0.4) is 0 Å². The molecule has 0 aliphatic heterocycles. The molecule has 1 atom stereocenters. The number of carbonyl (C=O) groups is 2. The van der Waals surface area contributed by atoms with Crippen LogP contribution in [0.2, 0.25) is 0 Å². The Morgan fingerprint density at radius 1 is 1.03 bits per heavy atom. The molecule has 35 heavy (non-hydrogen) atoms. The van der Waals surface area contributed by atoms with Gasteiger partial charge in [-0.1, -0.05) is 61.7 Å². The summed E-state index contributed by atoms with van der Waals surface area (Å²) in [4.78, 5) is 37.4. The number of aromatic nitrogens is 2. The van der Waals surface area contributed by atoms with E-state index in [2.05, 4.69) is 15.3 Å². The van der Waals surface area contributed by atoms with E-state index in [9.17, 15) is 9.59 Å². The fourth-order valence-electron chi connectivity index (χ4n) is 4.58. The van der Waals surface area contributed by atoms with Gasteiger partial charge in [0.25, 0.3) is 5.91 Å². The third kappa shape index (κ3) is 6.44. The van der Waals surface area contributed by atoms with Crippen molar-refractivity contribution in [2.75, 3.05) is 13.7 Å². The van der Waals surface area contributed by atoms with E-state index in [4.69, 9.17) is 4.74 Å². The lowest BCUT2D eigenvalue weighted by atomic mass is 9.94. The highest BCUT2D eigenvalue weighted by molar-refractivity contribution is 5.96. The van der Waals surface area contributed by atoms with Crippen LogP contribution in [0.15, 0.2) is 73.2 Å². The number of methoxy groups -OCH3 is 1. The molecule has 1 aliphatic carbocycles. The largest absolute Gasteiger partial charge is 0.497 e. The van der Waals surface area contributed by atoms with Crippen molar-refractivity contribution >= 4 is 11.8 Å². The summed E-state index contributed by atoms with van der Waals surface area (Å²) in [5.41, 5.74) is 2.03. The van der Waals surface area contributed by atoms with E-state index >= 15 is 0 Å². The molecule has 1 N–H and O–H groups in total. The monoisotopic (exact) mass is 472 g/mol. The average Bonchev–Trinajstić information content (AvgIpc) is 2.92. The van der Waals surface area contributed by atoms with Crippen molar-refractivity contribution in [2.24, 2.45) is 0 Å². The molecule has 2 aromatic carbocycles. The summed E-state index contributed by atoms with van der Waals surface area (Å²) in [5.74, 6) is 0.192. The van der Waals surface area contributed by atoms with Crippen LogP contribution in [-0.4, -0.2) is 46.4 Å². The number of hydrogen-bond donors (Lipinski definition) is 1. The van der Waals surface area contributed by atoms with E-state index in [-0.39, 0.29) is 23.6 Å². The first-order valence-corrected chi connectivity index (χ1v) is 12.2. The fourth-order valence-corrected chi connectivity index (χ4v) is 4.58. The number of rotatable bonds is 9. The highest BCUT2D eigenvalue weighted by Crippen LogP contribution is 2.27. The fraction of sp³-hybridized carbons (Fsp3) is 0.357. The average molecular weight is 473 g/mol. The highest BCUT2D eigenvalue weighted by Gasteiger charge is 2.34. The van der Waals surface area contributed by atoms with E-state index in [1.807, 2.05) is 54.6 Å². The molecule has 1 fully saturated rings. The topological polar surface area (TPSA) is 84.4 Å². The summed E-state index contributed by atoms with van der Waals surface area (Å²) in [6.07, 6.45) is 10.4. The van der Waals surface area contributed by atoms with Gasteiger partial charge in [-0.25, -0.2) is 4.98 Å². The number of ether oxygens (including phenoxy) is 1. The standard InChI is InChI=1S/C28H32N4O3/c1-35-24-14-12-22(13-15-24)26(27(33)31-23-10-6-3-7-11-23)32(19-16-21-8-4-2-5-9-21)28(34)25-20-29-17-18-30-25/h2,4-5,8-9,12-15,17-18,20,23,26H,3,6-7,10-11,16,19H2,1H3,(H,31,33)/t26-/m0/s1. The van der Waals surface area contributed by atoms with Crippen LogP contribution in [0, 0.1) is 0 Å². The SMILES string of the molecule is COc1ccc([C@@H](C(=O)NC2CCCCC2)N(CCc2ccccc2)C(=O)c2cnccn2)cc1. The second-order valence-corrected chi connectivity index (χ2v) is 8.84. The molecule has 0 saturated heterocycles. The minimum absolute atomic E-state index is 0.125. The zero-order valence-corrected chi connectivity index (χ0v) is 20.1. The number of hydrogen-bond acceptors (Lipinski definition) is 5. The molecule has 0 bridgehead atoms. The van der Waals surface area contributed by atoms with Crippen LogP contribution in [0.1, 0.15) is 59.8 Å². The van der Waals surface area contributed by atoms with E-state index in [0.717, 1.165) is 36.8 Å². The third-order valence-electron chi connectivity index (χ3n) is 6.47. The maximum Gasteiger partial charge on any atom is 0.275 e. The minimum Gasteiger partial charge on any atom is -0.497 e. The molecule has 1 aromatic heterocycles. The van der Waals surface area contributed by atoms with Gasteiger partial charge >= 0.3 is 0 Å².